The van der Waals surface area contributed by atoms with Gasteiger partial charge in [-0.1, -0.05) is 0 Å². The highest BCUT2D eigenvalue weighted by Gasteiger charge is 2.27. The number of rotatable bonds is 4. The second-order valence-electron chi connectivity index (χ2n) is 7.58. The van der Waals surface area contributed by atoms with E-state index in [0.717, 1.165) is 44.5 Å². The summed E-state index contributed by atoms with van der Waals surface area (Å²) in [5.41, 5.74) is 2.04. The summed E-state index contributed by atoms with van der Waals surface area (Å²) in [6, 6.07) is 6.23. The van der Waals surface area contributed by atoms with Gasteiger partial charge in [-0.05, 0) is 69.0 Å². The molecule has 8 heteroatoms. The number of benzene rings is 1. The van der Waals surface area contributed by atoms with E-state index in [-0.39, 0.29) is 24.1 Å². The maximum Gasteiger partial charge on any atom is 0.258 e. The zero-order valence-electron chi connectivity index (χ0n) is 15.8. The lowest BCUT2D eigenvalue weighted by Crippen LogP contribution is -2.26. The van der Waals surface area contributed by atoms with Crippen LogP contribution in [0.25, 0.3) is 10.9 Å². The normalized spacial score (nSPS) is 17.1. The fourth-order valence-corrected chi connectivity index (χ4v) is 4.78. The van der Waals surface area contributed by atoms with Crippen LogP contribution in [0.2, 0.25) is 0 Å². The zero-order valence-corrected chi connectivity index (χ0v) is 17.4. The van der Waals surface area contributed by atoms with E-state index in [2.05, 4.69) is 20.6 Å². The molecule has 5 nitrogen and oxygen atoms in total. The van der Waals surface area contributed by atoms with Gasteiger partial charge in [0, 0.05) is 28.1 Å². The Balaban J connectivity index is 0.00000205. The molecular weight excluding hydrogens is 411 g/mol. The van der Waals surface area contributed by atoms with Crippen molar-refractivity contribution in [2.75, 3.05) is 18.4 Å². The number of hydrogen-bond acceptors (Lipinski definition) is 5. The minimum Gasteiger partial charge on any atom is -0.317 e. The van der Waals surface area contributed by atoms with Crippen molar-refractivity contribution in [2.24, 2.45) is 0 Å². The summed E-state index contributed by atoms with van der Waals surface area (Å²) in [5, 5.41) is 7.41. The average molecular weight is 433 g/mol. The van der Waals surface area contributed by atoms with E-state index >= 15 is 0 Å². The van der Waals surface area contributed by atoms with Crippen molar-refractivity contribution in [3.63, 3.8) is 0 Å². The molecule has 2 N–H and O–H groups in total. The maximum absolute atomic E-state index is 13.8. The van der Waals surface area contributed by atoms with Crippen LogP contribution in [0.1, 0.15) is 58.4 Å². The highest BCUT2D eigenvalue weighted by molar-refractivity contribution is 7.15. The predicted octanol–water partition coefficient (Wildman–Crippen LogP) is 4.85. The smallest absolute Gasteiger partial charge is 0.258 e. The molecule has 1 saturated heterocycles. The van der Waals surface area contributed by atoms with E-state index < -0.39 is 0 Å². The molecule has 0 spiro atoms. The highest BCUT2D eigenvalue weighted by Crippen LogP contribution is 2.40. The van der Waals surface area contributed by atoms with Crippen molar-refractivity contribution in [1.29, 1.82) is 0 Å². The SMILES string of the molecule is Cl.O=C(Nc1ncc(C2CCNCC2)s1)c1cc(C2CC2)nc2ccc(F)cc12. The van der Waals surface area contributed by atoms with Gasteiger partial charge in [-0.3, -0.25) is 15.1 Å². The maximum atomic E-state index is 13.8. The predicted molar refractivity (Wildman–Crippen MR) is 116 cm³/mol. The lowest BCUT2D eigenvalue weighted by atomic mass is 9.97. The Morgan fingerprint density at radius 2 is 1.93 bits per heavy atom. The Morgan fingerprint density at radius 1 is 1.14 bits per heavy atom. The van der Waals surface area contributed by atoms with E-state index in [4.69, 9.17) is 0 Å². The van der Waals surface area contributed by atoms with Gasteiger partial charge in [0.05, 0.1) is 11.1 Å². The Hall–Kier alpha value is -2.09. The first-order valence-electron chi connectivity index (χ1n) is 9.75. The van der Waals surface area contributed by atoms with Gasteiger partial charge in [0.25, 0.3) is 5.91 Å². The largest absolute Gasteiger partial charge is 0.317 e. The van der Waals surface area contributed by atoms with Crippen LogP contribution < -0.4 is 10.6 Å². The topological polar surface area (TPSA) is 66.9 Å². The summed E-state index contributed by atoms with van der Waals surface area (Å²) in [6.07, 6.45) is 6.24. The lowest BCUT2D eigenvalue weighted by Gasteiger charge is -2.20. The molecule has 0 radical (unpaired) electrons. The Bertz CT molecular complexity index is 1050. The molecule has 0 bridgehead atoms. The Labute approximate surface area is 178 Å². The van der Waals surface area contributed by atoms with Crippen LogP contribution in [-0.4, -0.2) is 29.0 Å². The molecule has 1 aromatic carbocycles. The second kappa shape index (κ2) is 8.34. The third-order valence-electron chi connectivity index (χ3n) is 5.52. The van der Waals surface area contributed by atoms with Gasteiger partial charge < -0.3 is 5.32 Å². The van der Waals surface area contributed by atoms with E-state index in [0.29, 0.717) is 33.4 Å². The van der Waals surface area contributed by atoms with Crippen LogP contribution in [0.4, 0.5) is 9.52 Å². The number of piperidine rings is 1. The van der Waals surface area contributed by atoms with Crippen molar-refractivity contribution < 1.29 is 9.18 Å². The first-order valence-corrected chi connectivity index (χ1v) is 10.6. The fourth-order valence-electron chi connectivity index (χ4n) is 3.80. The molecule has 0 atom stereocenters. The van der Waals surface area contributed by atoms with Crippen LogP contribution in [0.3, 0.4) is 0 Å². The van der Waals surface area contributed by atoms with Crippen LogP contribution >= 0.6 is 23.7 Å². The fraction of sp³-hybridized carbons (Fsp3) is 0.381. The number of halogens is 2. The van der Waals surface area contributed by atoms with Crippen molar-refractivity contribution >= 4 is 45.7 Å². The first kappa shape index (κ1) is 20.2. The quantitative estimate of drug-likeness (QED) is 0.618. The average Bonchev–Trinajstić information content (AvgIpc) is 3.47. The molecule has 2 aromatic heterocycles. The van der Waals surface area contributed by atoms with Crippen LogP contribution in [0.15, 0.2) is 30.5 Å². The third kappa shape index (κ3) is 4.27. The molecule has 1 amide bonds. The summed E-state index contributed by atoms with van der Waals surface area (Å²) >= 11 is 1.53. The van der Waals surface area contributed by atoms with E-state index in [1.807, 2.05) is 12.3 Å². The lowest BCUT2D eigenvalue weighted by molar-refractivity contribution is 0.102. The minimum absolute atomic E-state index is 0. The molecule has 3 aromatic rings. The standard InChI is InChI=1S/C21H21FN4OS.ClH/c22-14-3-4-17-15(9-14)16(10-18(25-17)12-1-2-12)20(27)26-21-24-11-19(28-21)13-5-7-23-8-6-13;/h3-4,9-13,23H,1-2,5-8H2,(H,24,26,27);1H. The van der Waals surface area contributed by atoms with Gasteiger partial charge >= 0.3 is 0 Å². The minimum atomic E-state index is -0.370. The molecule has 2 aliphatic rings. The van der Waals surface area contributed by atoms with Gasteiger partial charge in [0.2, 0.25) is 0 Å². The van der Waals surface area contributed by atoms with Crippen molar-refractivity contribution in [3.8, 4) is 0 Å². The third-order valence-corrected chi connectivity index (χ3v) is 6.59. The van der Waals surface area contributed by atoms with Gasteiger partial charge in [-0.2, -0.15) is 0 Å². The summed E-state index contributed by atoms with van der Waals surface area (Å²) in [6.45, 7) is 2.03. The van der Waals surface area contributed by atoms with Crippen molar-refractivity contribution in [2.45, 2.75) is 37.5 Å². The monoisotopic (exact) mass is 432 g/mol. The molecule has 0 unspecified atom stereocenters. The number of anilines is 1. The molecule has 152 valence electrons. The summed E-state index contributed by atoms with van der Waals surface area (Å²) in [5.74, 6) is 0.283. The van der Waals surface area contributed by atoms with Crippen LogP contribution in [-0.2, 0) is 0 Å². The zero-order chi connectivity index (χ0) is 19.1. The van der Waals surface area contributed by atoms with Crippen molar-refractivity contribution in [1.82, 2.24) is 15.3 Å². The first-order chi connectivity index (χ1) is 13.7. The number of hydrogen-bond donors (Lipinski definition) is 2. The number of nitrogens with zero attached hydrogens (tertiary/aromatic N) is 2. The molecule has 2 fully saturated rings. The number of pyridine rings is 1. The van der Waals surface area contributed by atoms with Gasteiger partial charge in [0.1, 0.15) is 5.82 Å². The molecule has 5 rings (SSSR count). The van der Waals surface area contributed by atoms with Gasteiger partial charge in [-0.25, -0.2) is 9.37 Å². The molecule has 3 heterocycles. The summed E-state index contributed by atoms with van der Waals surface area (Å²) < 4.78 is 13.8. The number of aromatic nitrogens is 2. The molecule has 1 aliphatic heterocycles. The number of amides is 1. The molecule has 1 aliphatic carbocycles. The van der Waals surface area contributed by atoms with Gasteiger partial charge in [-0.15, -0.1) is 23.7 Å². The highest BCUT2D eigenvalue weighted by atomic mass is 35.5. The summed E-state index contributed by atoms with van der Waals surface area (Å²) in [7, 11) is 0. The number of fused-ring (bicyclic) bond motifs is 1. The van der Waals surface area contributed by atoms with Crippen LogP contribution in [0.5, 0.6) is 0 Å². The second-order valence-corrected chi connectivity index (χ2v) is 8.64. The number of carbonyl (C=O) groups excluding carboxylic acids is 1. The Kier molecular flexibility index (Phi) is 5.81. The van der Waals surface area contributed by atoms with E-state index in [1.54, 1.807) is 6.07 Å². The molecule has 29 heavy (non-hydrogen) atoms. The van der Waals surface area contributed by atoms with E-state index in [9.17, 15) is 9.18 Å². The summed E-state index contributed by atoms with van der Waals surface area (Å²) in [4.78, 5) is 23.3. The number of thiazole rings is 1. The number of nitrogens with one attached hydrogen (secondary N) is 2. The molecular formula is C21H22ClFN4OS. The van der Waals surface area contributed by atoms with Crippen LogP contribution in [0, 0.1) is 5.82 Å². The van der Waals surface area contributed by atoms with Gasteiger partial charge in [0.15, 0.2) is 5.13 Å². The number of carbonyl (C=O) groups is 1. The Morgan fingerprint density at radius 3 is 2.69 bits per heavy atom. The van der Waals surface area contributed by atoms with Crippen molar-refractivity contribution in [3.05, 3.63) is 52.4 Å². The van der Waals surface area contributed by atoms with E-state index in [1.165, 1.54) is 28.3 Å². The molecule has 1 saturated carbocycles.